The van der Waals surface area contributed by atoms with Crippen molar-refractivity contribution in [3.05, 3.63) is 108 Å². The third kappa shape index (κ3) is 8.10. The van der Waals surface area contributed by atoms with Crippen LogP contribution in [0.2, 0.25) is 0 Å². The number of likely N-dealkylation sites (tertiary alicyclic amines) is 1. The molecule has 0 spiro atoms. The zero-order valence-electron chi connectivity index (χ0n) is 25.1. The van der Waals surface area contributed by atoms with Gasteiger partial charge in [-0.15, -0.1) is 0 Å². The number of fused-ring (bicyclic) bond motifs is 1. The molecule has 8 heteroatoms. The lowest BCUT2D eigenvalue weighted by atomic mass is 10.0. The average Bonchev–Trinajstić information content (AvgIpc) is 3.31. The summed E-state index contributed by atoms with van der Waals surface area (Å²) in [5.41, 5.74) is 3.12. The number of aliphatic hydroxyl groups excluding tert-OH is 2. The summed E-state index contributed by atoms with van der Waals surface area (Å²) in [7, 11) is 0. The lowest BCUT2D eigenvalue weighted by Crippen LogP contribution is -2.47. The fraction of sp³-hybridized carbons (Fsp3) is 0.400. The van der Waals surface area contributed by atoms with Crippen LogP contribution in [0.1, 0.15) is 37.5 Å². The van der Waals surface area contributed by atoms with E-state index in [1.54, 1.807) is 4.57 Å². The number of ether oxygens (including phenoxy) is 3. The Labute approximate surface area is 253 Å². The van der Waals surface area contributed by atoms with Gasteiger partial charge in [-0.25, -0.2) is 4.79 Å². The number of benzene rings is 3. The molecule has 228 valence electrons. The van der Waals surface area contributed by atoms with Gasteiger partial charge in [0.2, 0.25) is 0 Å². The summed E-state index contributed by atoms with van der Waals surface area (Å²) >= 11 is 0. The number of carbonyl (C=O) groups excluding carboxylic acids is 1. The van der Waals surface area contributed by atoms with Gasteiger partial charge in [0.15, 0.2) is 0 Å². The minimum atomic E-state index is -0.884. The predicted molar refractivity (Wildman–Crippen MR) is 166 cm³/mol. The Hall–Kier alpha value is -3.53. The molecule has 43 heavy (non-hydrogen) atoms. The molecule has 0 unspecified atom stereocenters. The number of hydrogen-bond acceptors (Lipinski definition) is 7. The molecule has 1 saturated heterocycles. The van der Waals surface area contributed by atoms with Gasteiger partial charge in [-0.1, -0.05) is 78.9 Å². The van der Waals surface area contributed by atoms with Gasteiger partial charge in [-0.2, -0.15) is 0 Å². The second-order valence-corrected chi connectivity index (χ2v) is 12.2. The molecule has 1 fully saturated rings. The lowest BCUT2D eigenvalue weighted by molar-refractivity contribution is -0.155. The van der Waals surface area contributed by atoms with Crippen LogP contribution < -0.4 is 0 Å². The fourth-order valence-electron chi connectivity index (χ4n) is 5.57. The van der Waals surface area contributed by atoms with Gasteiger partial charge in [0, 0.05) is 31.2 Å². The van der Waals surface area contributed by atoms with Crippen molar-refractivity contribution in [3.8, 4) is 0 Å². The van der Waals surface area contributed by atoms with E-state index in [-0.39, 0.29) is 0 Å². The van der Waals surface area contributed by atoms with Crippen molar-refractivity contribution in [1.82, 2.24) is 9.47 Å². The number of β-amino-alcohol motifs (C(OH)–C–C–N with tert-alkyl or cyclic N) is 2. The molecule has 3 aromatic carbocycles. The van der Waals surface area contributed by atoms with Crippen molar-refractivity contribution in [3.63, 3.8) is 0 Å². The zero-order chi connectivity index (χ0) is 30.4. The first-order chi connectivity index (χ1) is 20.7. The van der Waals surface area contributed by atoms with Crippen LogP contribution in [-0.4, -0.2) is 75.4 Å². The smallest absolute Gasteiger partial charge is 0.419 e. The van der Waals surface area contributed by atoms with E-state index in [0.29, 0.717) is 39.3 Å². The summed E-state index contributed by atoms with van der Waals surface area (Å²) in [5, 5.41) is 23.8. The van der Waals surface area contributed by atoms with Crippen LogP contribution in [0.4, 0.5) is 4.79 Å². The molecular weight excluding hydrogens is 544 g/mol. The number of aliphatic hydroxyl groups is 2. The molecular formula is C35H42N2O6. The first kappa shape index (κ1) is 30.9. The van der Waals surface area contributed by atoms with Gasteiger partial charge in [-0.3, -0.25) is 9.47 Å². The lowest BCUT2D eigenvalue weighted by Gasteiger charge is -2.31. The number of para-hydroxylation sites is 1. The Morgan fingerprint density at radius 3 is 1.84 bits per heavy atom. The van der Waals surface area contributed by atoms with Crippen molar-refractivity contribution in [2.45, 2.75) is 70.4 Å². The van der Waals surface area contributed by atoms with Crippen LogP contribution >= 0.6 is 0 Å². The summed E-state index contributed by atoms with van der Waals surface area (Å²) in [6.45, 7) is 7.32. The highest BCUT2D eigenvalue weighted by atomic mass is 16.6. The van der Waals surface area contributed by atoms with E-state index in [9.17, 15) is 15.0 Å². The van der Waals surface area contributed by atoms with E-state index in [1.807, 2.05) is 117 Å². The Balaban J connectivity index is 1.32. The van der Waals surface area contributed by atoms with Gasteiger partial charge >= 0.3 is 6.09 Å². The van der Waals surface area contributed by atoms with E-state index in [2.05, 4.69) is 0 Å². The minimum absolute atomic E-state index is 0.296. The molecule has 1 aliphatic rings. The van der Waals surface area contributed by atoms with E-state index in [0.717, 1.165) is 27.6 Å². The van der Waals surface area contributed by atoms with Crippen molar-refractivity contribution in [2.24, 2.45) is 0 Å². The molecule has 4 atom stereocenters. The van der Waals surface area contributed by atoms with Crippen LogP contribution in [-0.2, 0) is 33.8 Å². The first-order valence-electron chi connectivity index (χ1n) is 14.9. The van der Waals surface area contributed by atoms with Crippen LogP contribution in [0.25, 0.3) is 10.9 Å². The van der Waals surface area contributed by atoms with E-state index < -0.39 is 36.1 Å². The molecule has 2 heterocycles. The van der Waals surface area contributed by atoms with Crippen molar-refractivity contribution in [1.29, 1.82) is 0 Å². The first-order valence-corrected chi connectivity index (χ1v) is 14.9. The third-order valence-electron chi connectivity index (χ3n) is 7.63. The van der Waals surface area contributed by atoms with Crippen LogP contribution in [0, 0.1) is 0 Å². The zero-order valence-corrected chi connectivity index (χ0v) is 25.1. The normalized spacial score (nSPS) is 21.5. The maximum atomic E-state index is 13.0. The highest BCUT2D eigenvalue weighted by Gasteiger charge is 2.40. The van der Waals surface area contributed by atoms with Gasteiger partial charge < -0.3 is 24.4 Å². The highest BCUT2D eigenvalue weighted by molar-refractivity contribution is 5.92. The molecule has 1 aromatic heterocycles. The van der Waals surface area contributed by atoms with Gasteiger partial charge in [0.1, 0.15) is 17.8 Å². The van der Waals surface area contributed by atoms with Gasteiger partial charge in [0.05, 0.1) is 30.9 Å². The maximum Gasteiger partial charge on any atom is 0.419 e. The molecule has 0 radical (unpaired) electrons. The van der Waals surface area contributed by atoms with E-state index in [1.165, 1.54) is 0 Å². The van der Waals surface area contributed by atoms with Crippen molar-refractivity contribution < 1.29 is 29.2 Å². The SMILES string of the molecule is CC(C)(C)OC(=O)n1cc(CCN2C[C@H](O)[C@@H](OCc3ccccc3)[C@H](OCc3ccccc3)[C@@H](O)C2)c2ccccc21. The number of rotatable bonds is 9. The summed E-state index contributed by atoms with van der Waals surface area (Å²) in [6, 6.07) is 27.3. The molecule has 4 aromatic rings. The molecule has 5 rings (SSSR count). The molecule has 8 nitrogen and oxygen atoms in total. The van der Waals surface area contributed by atoms with Crippen molar-refractivity contribution >= 4 is 17.0 Å². The monoisotopic (exact) mass is 586 g/mol. The van der Waals surface area contributed by atoms with Gasteiger partial charge in [0.25, 0.3) is 0 Å². The fourth-order valence-corrected chi connectivity index (χ4v) is 5.57. The number of aromatic nitrogens is 1. The Morgan fingerprint density at radius 1 is 0.791 bits per heavy atom. The summed E-state index contributed by atoms with van der Waals surface area (Å²) in [5.74, 6) is 0. The third-order valence-corrected chi connectivity index (χ3v) is 7.63. The second-order valence-electron chi connectivity index (χ2n) is 12.2. The molecule has 0 aliphatic carbocycles. The van der Waals surface area contributed by atoms with Gasteiger partial charge in [-0.05, 0) is 49.9 Å². The summed E-state index contributed by atoms with van der Waals surface area (Å²) < 4.78 is 19.7. The summed E-state index contributed by atoms with van der Waals surface area (Å²) in [6.07, 6.45) is -1.19. The number of hydrogen-bond donors (Lipinski definition) is 2. The van der Waals surface area contributed by atoms with E-state index >= 15 is 0 Å². The predicted octanol–water partition coefficient (Wildman–Crippen LogP) is 5.18. The average molecular weight is 587 g/mol. The highest BCUT2D eigenvalue weighted by Crippen LogP contribution is 2.26. The van der Waals surface area contributed by atoms with E-state index in [4.69, 9.17) is 14.2 Å². The van der Waals surface area contributed by atoms with Crippen LogP contribution in [0.5, 0.6) is 0 Å². The number of carbonyl (C=O) groups is 1. The molecule has 0 bridgehead atoms. The maximum absolute atomic E-state index is 13.0. The molecule has 2 N–H and O–H groups in total. The molecule has 0 amide bonds. The van der Waals surface area contributed by atoms with Crippen LogP contribution in [0.15, 0.2) is 91.1 Å². The quantitative estimate of drug-likeness (QED) is 0.279. The minimum Gasteiger partial charge on any atom is -0.443 e. The van der Waals surface area contributed by atoms with Crippen molar-refractivity contribution in [2.75, 3.05) is 19.6 Å². The topological polar surface area (TPSA) is 93.4 Å². The standard InChI is InChI=1S/C35H42N2O6/c1-35(2,3)43-34(40)37-20-27(28-16-10-11-17-29(28)37)18-19-36-21-30(38)32(41-23-25-12-6-4-7-13-25)33(31(39)22-36)42-24-26-14-8-5-9-15-26/h4-17,20,30-33,38-39H,18-19,21-24H2,1-3H3/t30-,31-,32+,33+/m0/s1. The number of nitrogens with zero attached hydrogens (tertiary/aromatic N) is 2. The summed E-state index contributed by atoms with van der Waals surface area (Å²) in [4.78, 5) is 15.0. The Bertz CT molecular complexity index is 1410. The molecule has 1 aliphatic heterocycles. The largest absolute Gasteiger partial charge is 0.443 e. The Morgan fingerprint density at radius 2 is 1.30 bits per heavy atom. The van der Waals surface area contributed by atoms with Crippen LogP contribution in [0.3, 0.4) is 0 Å². The Kier molecular flexibility index (Phi) is 9.95. The molecule has 0 saturated carbocycles. The second kappa shape index (κ2) is 13.8.